The molecule has 5 fully saturated rings. The minimum atomic E-state index is -0.700. The predicted octanol–water partition coefficient (Wildman–Crippen LogP) is 5.13. The molecule has 1 N–H and O–H groups in total. The zero-order chi connectivity index (χ0) is 22.7. The molecule has 4 saturated carbocycles. The third kappa shape index (κ3) is 3.41. The molecule has 4 bridgehead atoms. The third-order valence-electron chi connectivity index (χ3n) is 8.27. The topological polar surface area (TPSA) is 66.5 Å². The molecule has 5 heteroatoms. The van der Waals surface area contributed by atoms with Crippen molar-refractivity contribution in [2.24, 2.45) is 17.8 Å². The number of urea groups is 1. The maximum Gasteiger partial charge on any atom is 0.335 e. The van der Waals surface area contributed by atoms with E-state index in [9.17, 15) is 14.4 Å². The van der Waals surface area contributed by atoms with Gasteiger partial charge in [0.25, 0.3) is 11.8 Å². The molecule has 33 heavy (non-hydrogen) atoms. The first-order chi connectivity index (χ1) is 15.9. The van der Waals surface area contributed by atoms with Crippen molar-refractivity contribution in [2.45, 2.75) is 50.9 Å². The first-order valence-electron chi connectivity index (χ1n) is 12.0. The lowest BCUT2D eigenvalue weighted by Gasteiger charge is -2.57. The van der Waals surface area contributed by atoms with E-state index in [4.69, 9.17) is 0 Å². The fourth-order valence-electron chi connectivity index (χ4n) is 7.15. The SMILES string of the molecule is Cc1ccc(/C=C2\C(=O)NC(=O)N(c3ccc(C45CC6CC(CC(C6)C4)C5)cc3)C2=O)cc1. The number of carbonyl (C=O) groups is 3. The maximum atomic E-state index is 13.2. The van der Waals surface area contributed by atoms with Crippen LogP contribution in [0.2, 0.25) is 0 Å². The Morgan fingerprint density at radius 3 is 2.00 bits per heavy atom. The van der Waals surface area contributed by atoms with Crippen molar-refractivity contribution < 1.29 is 14.4 Å². The predicted molar refractivity (Wildman–Crippen MR) is 126 cm³/mol. The second-order valence-electron chi connectivity index (χ2n) is 10.6. The van der Waals surface area contributed by atoms with E-state index in [1.54, 1.807) is 6.08 Å². The summed E-state index contributed by atoms with van der Waals surface area (Å²) in [6.07, 6.45) is 9.51. The van der Waals surface area contributed by atoms with Gasteiger partial charge in [0.05, 0.1) is 5.69 Å². The van der Waals surface area contributed by atoms with Crippen molar-refractivity contribution in [3.63, 3.8) is 0 Å². The van der Waals surface area contributed by atoms with Gasteiger partial charge < -0.3 is 0 Å². The summed E-state index contributed by atoms with van der Waals surface area (Å²) in [6.45, 7) is 1.98. The highest BCUT2D eigenvalue weighted by Crippen LogP contribution is 2.60. The number of anilines is 1. The number of benzene rings is 2. The average Bonchev–Trinajstić information content (AvgIpc) is 2.77. The van der Waals surface area contributed by atoms with Crippen LogP contribution in [0.5, 0.6) is 0 Å². The smallest absolute Gasteiger partial charge is 0.273 e. The summed E-state index contributed by atoms with van der Waals surface area (Å²) < 4.78 is 0. The zero-order valence-electron chi connectivity index (χ0n) is 18.8. The van der Waals surface area contributed by atoms with Gasteiger partial charge in [-0.2, -0.15) is 0 Å². The molecule has 0 spiro atoms. The molecule has 7 rings (SSSR count). The van der Waals surface area contributed by atoms with Gasteiger partial charge in [-0.25, -0.2) is 9.69 Å². The van der Waals surface area contributed by atoms with E-state index in [-0.39, 0.29) is 11.0 Å². The van der Waals surface area contributed by atoms with Gasteiger partial charge in [-0.1, -0.05) is 42.0 Å². The molecular formula is C28H28N2O3. The van der Waals surface area contributed by atoms with E-state index in [1.165, 1.54) is 44.1 Å². The standard InChI is InChI=1S/C28H28N2O3/c1-17-2-4-18(5-3-17)13-24-25(31)29-27(33)30(26(24)32)23-8-6-22(7-9-23)28-14-19-10-20(15-28)12-21(11-19)16-28/h2-9,13,19-21H,10-12,14-16H2,1H3,(H,29,31,33)/b24-13+. The van der Waals surface area contributed by atoms with Gasteiger partial charge in [0, 0.05) is 0 Å². The van der Waals surface area contributed by atoms with Crippen LogP contribution in [0.25, 0.3) is 6.08 Å². The summed E-state index contributed by atoms with van der Waals surface area (Å²) in [5.74, 6) is 1.31. The van der Waals surface area contributed by atoms with Gasteiger partial charge in [-0.05, 0) is 98.0 Å². The molecule has 4 aliphatic carbocycles. The number of hydrogen-bond donors (Lipinski definition) is 1. The molecular weight excluding hydrogens is 412 g/mol. The molecule has 168 valence electrons. The number of carbonyl (C=O) groups excluding carboxylic acids is 3. The Balaban J connectivity index is 1.29. The van der Waals surface area contributed by atoms with Gasteiger partial charge in [-0.15, -0.1) is 0 Å². The van der Waals surface area contributed by atoms with Gasteiger partial charge in [-0.3, -0.25) is 14.9 Å². The van der Waals surface area contributed by atoms with Gasteiger partial charge in [0.15, 0.2) is 0 Å². The highest BCUT2D eigenvalue weighted by molar-refractivity contribution is 6.39. The second kappa shape index (κ2) is 7.41. The molecule has 1 saturated heterocycles. The molecule has 5 nitrogen and oxygen atoms in total. The van der Waals surface area contributed by atoms with Crippen LogP contribution in [0.3, 0.4) is 0 Å². The van der Waals surface area contributed by atoms with Crippen LogP contribution in [0.1, 0.15) is 55.2 Å². The molecule has 1 heterocycles. The van der Waals surface area contributed by atoms with Crippen LogP contribution in [0.15, 0.2) is 54.1 Å². The highest BCUT2D eigenvalue weighted by atomic mass is 16.2. The molecule has 0 aromatic heterocycles. The number of nitrogens with one attached hydrogen (secondary N) is 1. The summed E-state index contributed by atoms with van der Waals surface area (Å²) in [6, 6.07) is 14.8. The van der Waals surface area contributed by atoms with E-state index in [0.717, 1.165) is 33.8 Å². The maximum absolute atomic E-state index is 13.2. The van der Waals surface area contributed by atoms with E-state index < -0.39 is 17.8 Å². The summed E-state index contributed by atoms with van der Waals surface area (Å²) in [5.41, 5.74) is 3.88. The molecule has 2 aromatic rings. The second-order valence-corrected chi connectivity index (χ2v) is 10.6. The first kappa shape index (κ1) is 20.4. The summed E-state index contributed by atoms with van der Waals surface area (Å²) >= 11 is 0. The van der Waals surface area contributed by atoms with Crippen molar-refractivity contribution >= 4 is 29.6 Å². The first-order valence-corrected chi connectivity index (χ1v) is 12.0. The average molecular weight is 441 g/mol. The summed E-state index contributed by atoms with van der Waals surface area (Å²) in [7, 11) is 0. The fraction of sp³-hybridized carbons (Fsp3) is 0.393. The Morgan fingerprint density at radius 2 is 1.42 bits per heavy atom. The number of amides is 4. The number of nitrogens with zero attached hydrogens (tertiary/aromatic N) is 1. The van der Waals surface area contributed by atoms with Crippen molar-refractivity contribution in [3.05, 3.63) is 70.8 Å². The number of rotatable bonds is 3. The minimum Gasteiger partial charge on any atom is -0.273 e. The Bertz CT molecular complexity index is 1140. The Hall–Kier alpha value is -3.21. The highest BCUT2D eigenvalue weighted by Gasteiger charge is 2.51. The van der Waals surface area contributed by atoms with Crippen molar-refractivity contribution in [1.82, 2.24) is 5.32 Å². The van der Waals surface area contributed by atoms with Crippen LogP contribution in [-0.4, -0.2) is 17.8 Å². The molecule has 0 radical (unpaired) electrons. The largest absolute Gasteiger partial charge is 0.335 e. The molecule has 5 aliphatic rings. The molecule has 1 aliphatic heterocycles. The summed E-state index contributed by atoms with van der Waals surface area (Å²) in [4.78, 5) is 39.3. The number of barbiturate groups is 1. The molecule has 0 atom stereocenters. The van der Waals surface area contributed by atoms with Crippen molar-refractivity contribution in [2.75, 3.05) is 4.90 Å². The van der Waals surface area contributed by atoms with Gasteiger partial charge in [0.2, 0.25) is 0 Å². The molecule has 4 amide bonds. The van der Waals surface area contributed by atoms with Crippen molar-refractivity contribution in [1.29, 1.82) is 0 Å². The lowest BCUT2D eigenvalue weighted by atomic mass is 9.48. The number of hydrogen-bond acceptors (Lipinski definition) is 3. The Labute approximate surface area is 193 Å². The zero-order valence-corrected chi connectivity index (χ0v) is 18.8. The Kier molecular flexibility index (Phi) is 4.58. The number of aryl methyl sites for hydroxylation is 1. The van der Waals surface area contributed by atoms with E-state index in [1.807, 2.05) is 43.3 Å². The van der Waals surface area contributed by atoms with Gasteiger partial charge in [0.1, 0.15) is 5.57 Å². The quantitative estimate of drug-likeness (QED) is 0.532. The Morgan fingerprint density at radius 1 is 0.848 bits per heavy atom. The molecule has 2 aromatic carbocycles. The van der Waals surface area contributed by atoms with Gasteiger partial charge >= 0.3 is 6.03 Å². The lowest BCUT2D eigenvalue weighted by molar-refractivity contribution is -0.122. The van der Waals surface area contributed by atoms with E-state index >= 15 is 0 Å². The fourth-order valence-corrected chi connectivity index (χ4v) is 7.15. The van der Waals surface area contributed by atoms with Crippen LogP contribution >= 0.6 is 0 Å². The van der Waals surface area contributed by atoms with Crippen LogP contribution in [0, 0.1) is 24.7 Å². The normalized spacial score (nSPS) is 31.9. The lowest BCUT2D eigenvalue weighted by Crippen LogP contribution is -2.54. The third-order valence-corrected chi connectivity index (χ3v) is 8.27. The van der Waals surface area contributed by atoms with Crippen LogP contribution in [-0.2, 0) is 15.0 Å². The van der Waals surface area contributed by atoms with E-state index in [0.29, 0.717) is 5.69 Å². The van der Waals surface area contributed by atoms with Crippen LogP contribution < -0.4 is 10.2 Å². The van der Waals surface area contributed by atoms with E-state index in [2.05, 4.69) is 17.4 Å². The van der Waals surface area contributed by atoms with Crippen molar-refractivity contribution in [3.8, 4) is 0 Å². The van der Waals surface area contributed by atoms with Crippen LogP contribution in [0.4, 0.5) is 10.5 Å². The minimum absolute atomic E-state index is 0.0383. The monoisotopic (exact) mass is 440 g/mol. The summed E-state index contributed by atoms with van der Waals surface area (Å²) in [5, 5.41) is 2.32. The number of imide groups is 2. The molecule has 0 unspecified atom stereocenters.